The zero-order valence-corrected chi connectivity index (χ0v) is 10.6. The quantitative estimate of drug-likeness (QED) is 0.897. The predicted octanol–water partition coefficient (Wildman–Crippen LogP) is 2.02. The van der Waals surface area contributed by atoms with E-state index in [-0.39, 0.29) is 17.8 Å². The molecule has 3 rings (SSSR count). The van der Waals surface area contributed by atoms with Crippen LogP contribution >= 0.6 is 0 Å². The van der Waals surface area contributed by atoms with Crippen molar-refractivity contribution in [2.24, 2.45) is 0 Å². The van der Waals surface area contributed by atoms with Gasteiger partial charge in [0.2, 0.25) is 5.91 Å². The molecule has 1 atom stereocenters. The largest absolute Gasteiger partial charge is 0.358 e. The summed E-state index contributed by atoms with van der Waals surface area (Å²) < 4.78 is 13.2. The summed E-state index contributed by atoms with van der Waals surface area (Å²) in [5, 5.41) is 3.98. The molecule has 1 fully saturated rings. The van der Waals surface area contributed by atoms with Crippen molar-refractivity contribution < 1.29 is 9.18 Å². The van der Waals surface area contributed by atoms with Crippen LogP contribution in [0.15, 0.2) is 30.3 Å². The number of rotatable bonds is 2. The number of nitrogens with one attached hydrogen (secondary N) is 1. The standard InChI is InChI=1S/C14H14FN3O/c1-18-7-6-11(14(18)19)16-13-5-3-9-2-4-10(15)8-12(9)17-13/h2-5,8,11H,6-7H2,1H3,(H,16,17). The lowest BCUT2D eigenvalue weighted by molar-refractivity contribution is -0.127. The van der Waals surface area contributed by atoms with Gasteiger partial charge in [0, 0.05) is 25.0 Å². The van der Waals surface area contributed by atoms with Crippen molar-refractivity contribution in [1.29, 1.82) is 0 Å². The molecule has 0 radical (unpaired) electrons. The average Bonchev–Trinajstić information content (AvgIpc) is 2.70. The van der Waals surface area contributed by atoms with Gasteiger partial charge in [0.15, 0.2) is 0 Å². The molecule has 1 aliphatic heterocycles. The van der Waals surface area contributed by atoms with Gasteiger partial charge in [0.25, 0.3) is 0 Å². The molecule has 19 heavy (non-hydrogen) atoms. The second-order valence-corrected chi connectivity index (χ2v) is 4.78. The number of hydrogen-bond acceptors (Lipinski definition) is 3. The lowest BCUT2D eigenvalue weighted by Crippen LogP contribution is -2.31. The number of pyridine rings is 1. The molecule has 2 aromatic rings. The summed E-state index contributed by atoms with van der Waals surface area (Å²) >= 11 is 0. The van der Waals surface area contributed by atoms with Gasteiger partial charge in [0.05, 0.1) is 5.52 Å². The lowest BCUT2D eigenvalue weighted by atomic mass is 10.2. The van der Waals surface area contributed by atoms with Crippen LogP contribution in [0.5, 0.6) is 0 Å². The molecule has 1 aromatic carbocycles. The molecule has 1 saturated heterocycles. The summed E-state index contributed by atoms with van der Waals surface area (Å²) in [6.45, 7) is 0.749. The maximum absolute atomic E-state index is 13.2. The normalized spacial score (nSPS) is 19.2. The minimum Gasteiger partial charge on any atom is -0.358 e. The van der Waals surface area contributed by atoms with Gasteiger partial charge < -0.3 is 10.2 Å². The number of hydrogen-bond donors (Lipinski definition) is 1. The Morgan fingerprint density at radius 1 is 1.37 bits per heavy atom. The number of nitrogens with zero attached hydrogens (tertiary/aromatic N) is 2. The van der Waals surface area contributed by atoms with E-state index >= 15 is 0 Å². The third-order valence-electron chi connectivity index (χ3n) is 3.40. The van der Waals surface area contributed by atoms with Gasteiger partial charge in [-0.15, -0.1) is 0 Å². The second-order valence-electron chi connectivity index (χ2n) is 4.78. The third kappa shape index (κ3) is 2.23. The number of carbonyl (C=O) groups excluding carboxylic acids is 1. The minimum atomic E-state index is -0.311. The van der Waals surface area contributed by atoms with Gasteiger partial charge in [-0.1, -0.05) is 0 Å². The van der Waals surface area contributed by atoms with E-state index in [1.165, 1.54) is 12.1 Å². The fourth-order valence-electron chi connectivity index (χ4n) is 2.31. The molecule has 1 aliphatic rings. The summed E-state index contributed by atoms with van der Waals surface area (Å²) in [6, 6.07) is 7.94. The number of carbonyl (C=O) groups is 1. The average molecular weight is 259 g/mol. The number of likely N-dealkylation sites (N-methyl/N-ethyl adjacent to an activating group) is 1. The van der Waals surface area contributed by atoms with E-state index in [9.17, 15) is 9.18 Å². The molecule has 1 aromatic heterocycles. The minimum absolute atomic E-state index is 0.0705. The highest BCUT2D eigenvalue weighted by molar-refractivity contribution is 5.87. The summed E-state index contributed by atoms with van der Waals surface area (Å²) in [5.41, 5.74) is 0.587. The Labute approximate surface area is 110 Å². The lowest BCUT2D eigenvalue weighted by Gasteiger charge is -2.13. The van der Waals surface area contributed by atoms with E-state index < -0.39 is 0 Å². The van der Waals surface area contributed by atoms with E-state index in [1.54, 1.807) is 18.0 Å². The van der Waals surface area contributed by atoms with Gasteiger partial charge in [-0.05, 0) is 30.7 Å². The summed E-state index contributed by atoms with van der Waals surface area (Å²) in [4.78, 5) is 17.8. The topological polar surface area (TPSA) is 45.2 Å². The highest BCUT2D eigenvalue weighted by atomic mass is 19.1. The zero-order chi connectivity index (χ0) is 13.4. The van der Waals surface area contributed by atoms with Gasteiger partial charge in [-0.25, -0.2) is 9.37 Å². The molecular formula is C14H14FN3O. The number of anilines is 1. The number of amides is 1. The Morgan fingerprint density at radius 3 is 2.89 bits per heavy atom. The molecule has 0 bridgehead atoms. The van der Waals surface area contributed by atoms with E-state index in [2.05, 4.69) is 10.3 Å². The fourth-order valence-corrected chi connectivity index (χ4v) is 2.31. The van der Waals surface area contributed by atoms with Crippen molar-refractivity contribution in [2.75, 3.05) is 18.9 Å². The first-order valence-electron chi connectivity index (χ1n) is 6.21. The molecule has 0 saturated carbocycles. The van der Waals surface area contributed by atoms with Crippen molar-refractivity contribution in [3.8, 4) is 0 Å². The molecule has 1 amide bonds. The molecule has 1 unspecified atom stereocenters. The maximum Gasteiger partial charge on any atom is 0.244 e. The fraction of sp³-hybridized carbons (Fsp3) is 0.286. The van der Waals surface area contributed by atoms with Gasteiger partial charge in [-0.3, -0.25) is 4.79 Å². The zero-order valence-electron chi connectivity index (χ0n) is 10.6. The Bertz CT molecular complexity index is 644. The SMILES string of the molecule is CN1CCC(Nc2ccc3ccc(F)cc3n2)C1=O. The summed E-state index contributed by atoms with van der Waals surface area (Å²) in [7, 11) is 1.78. The first kappa shape index (κ1) is 11.9. The summed E-state index contributed by atoms with van der Waals surface area (Å²) in [5.74, 6) is 0.363. The van der Waals surface area contributed by atoms with Crippen molar-refractivity contribution in [3.05, 3.63) is 36.1 Å². The molecule has 5 heteroatoms. The Balaban J connectivity index is 1.87. The highest BCUT2D eigenvalue weighted by Gasteiger charge is 2.28. The second kappa shape index (κ2) is 4.50. The van der Waals surface area contributed by atoms with Gasteiger partial charge in [-0.2, -0.15) is 0 Å². The van der Waals surface area contributed by atoms with Crippen molar-refractivity contribution in [3.63, 3.8) is 0 Å². The smallest absolute Gasteiger partial charge is 0.244 e. The van der Waals surface area contributed by atoms with Gasteiger partial charge in [0.1, 0.15) is 17.7 Å². The number of fused-ring (bicyclic) bond motifs is 1. The molecule has 1 N–H and O–H groups in total. The van der Waals surface area contributed by atoms with Crippen LogP contribution in [0.25, 0.3) is 10.9 Å². The van der Waals surface area contributed by atoms with Crippen LogP contribution < -0.4 is 5.32 Å². The molecule has 98 valence electrons. The molecule has 4 nitrogen and oxygen atoms in total. The van der Waals surface area contributed by atoms with Crippen LogP contribution in [0.2, 0.25) is 0 Å². The first-order chi connectivity index (χ1) is 9.13. The van der Waals surface area contributed by atoms with Crippen LogP contribution in [-0.4, -0.2) is 35.4 Å². The van der Waals surface area contributed by atoms with E-state index in [4.69, 9.17) is 0 Å². The van der Waals surface area contributed by atoms with Crippen LogP contribution in [0, 0.1) is 5.82 Å². The molecule has 0 aliphatic carbocycles. The first-order valence-corrected chi connectivity index (χ1v) is 6.21. The Hall–Kier alpha value is -2.17. The van der Waals surface area contributed by atoms with E-state index in [0.29, 0.717) is 11.3 Å². The molecule has 0 spiro atoms. The van der Waals surface area contributed by atoms with Gasteiger partial charge >= 0.3 is 0 Å². The van der Waals surface area contributed by atoms with Crippen LogP contribution in [0.3, 0.4) is 0 Å². The molecule has 2 heterocycles. The third-order valence-corrected chi connectivity index (χ3v) is 3.40. The number of aromatic nitrogens is 1. The predicted molar refractivity (Wildman–Crippen MR) is 71.4 cm³/mol. The van der Waals surface area contributed by atoms with Crippen molar-refractivity contribution in [1.82, 2.24) is 9.88 Å². The highest BCUT2D eigenvalue weighted by Crippen LogP contribution is 2.19. The van der Waals surface area contributed by atoms with E-state index in [0.717, 1.165) is 18.4 Å². The summed E-state index contributed by atoms with van der Waals surface area (Å²) in [6.07, 6.45) is 0.762. The van der Waals surface area contributed by atoms with Crippen LogP contribution in [0.1, 0.15) is 6.42 Å². The van der Waals surface area contributed by atoms with Crippen molar-refractivity contribution >= 4 is 22.6 Å². The number of likely N-dealkylation sites (tertiary alicyclic amines) is 1. The maximum atomic E-state index is 13.2. The van der Waals surface area contributed by atoms with Crippen molar-refractivity contribution in [2.45, 2.75) is 12.5 Å². The Kier molecular flexibility index (Phi) is 2.81. The Morgan fingerprint density at radius 2 is 2.16 bits per heavy atom. The van der Waals surface area contributed by atoms with E-state index in [1.807, 2.05) is 12.1 Å². The molecular weight excluding hydrogens is 245 g/mol. The number of benzene rings is 1. The van der Waals surface area contributed by atoms with Crippen LogP contribution in [-0.2, 0) is 4.79 Å². The van der Waals surface area contributed by atoms with Crippen LogP contribution in [0.4, 0.5) is 10.2 Å². The monoisotopic (exact) mass is 259 g/mol. The number of halogens is 1.